The van der Waals surface area contributed by atoms with Crippen molar-refractivity contribution in [2.24, 2.45) is 11.7 Å². The molecule has 0 aliphatic heterocycles. The molecule has 0 saturated heterocycles. The summed E-state index contributed by atoms with van der Waals surface area (Å²) in [5.74, 6) is -0.432. The molecule has 1 amide bonds. The van der Waals surface area contributed by atoms with Crippen molar-refractivity contribution in [2.45, 2.75) is 51.7 Å². The van der Waals surface area contributed by atoms with Crippen molar-refractivity contribution in [3.8, 4) is 0 Å². The van der Waals surface area contributed by atoms with Crippen LogP contribution in [0, 0.1) is 5.92 Å². The number of rotatable bonds is 8. The van der Waals surface area contributed by atoms with Crippen LogP contribution in [0.1, 0.15) is 44.2 Å². The first-order chi connectivity index (χ1) is 10.8. The summed E-state index contributed by atoms with van der Waals surface area (Å²) in [4.78, 5) is 12.2. The van der Waals surface area contributed by atoms with Crippen LogP contribution in [0.2, 0.25) is 0 Å². The summed E-state index contributed by atoms with van der Waals surface area (Å²) in [5, 5.41) is 2.91. The van der Waals surface area contributed by atoms with Crippen LogP contribution in [0.5, 0.6) is 0 Å². The molecule has 1 aromatic rings. The smallest absolute Gasteiger partial charge is 0.352 e. The fourth-order valence-corrected chi connectivity index (χ4v) is 2.32. The van der Waals surface area contributed by atoms with Gasteiger partial charge in [0.05, 0.1) is 5.56 Å². The van der Waals surface area contributed by atoms with Gasteiger partial charge in [-0.1, -0.05) is 38.8 Å². The van der Waals surface area contributed by atoms with E-state index in [2.05, 4.69) is 12.2 Å². The summed E-state index contributed by atoms with van der Waals surface area (Å²) in [5.41, 5.74) is 5.68. The van der Waals surface area contributed by atoms with Gasteiger partial charge in [0.15, 0.2) is 0 Å². The summed E-state index contributed by atoms with van der Waals surface area (Å²) >= 11 is 0. The van der Waals surface area contributed by atoms with E-state index in [-0.39, 0.29) is 30.3 Å². The van der Waals surface area contributed by atoms with Crippen molar-refractivity contribution in [1.82, 2.24) is 5.32 Å². The van der Waals surface area contributed by atoms with E-state index in [0.29, 0.717) is 18.5 Å². The van der Waals surface area contributed by atoms with Gasteiger partial charge >= 0.3 is 6.18 Å². The average Bonchev–Trinajstić information content (AvgIpc) is 2.50. The molecule has 0 radical (unpaired) electrons. The zero-order valence-corrected chi connectivity index (χ0v) is 14.8. The number of unbranched alkanes of at least 4 members (excludes halogenated alkanes) is 1. The van der Waals surface area contributed by atoms with Gasteiger partial charge in [0.25, 0.3) is 0 Å². The summed E-state index contributed by atoms with van der Waals surface area (Å²) < 4.78 is 37.6. The number of nitrogens with two attached hydrogens (primary N) is 1. The van der Waals surface area contributed by atoms with Gasteiger partial charge < -0.3 is 11.1 Å². The molecule has 2 unspecified atom stereocenters. The summed E-state index contributed by atoms with van der Waals surface area (Å²) in [7, 11) is 0. The Morgan fingerprint density at radius 1 is 1.25 bits per heavy atom. The first-order valence-corrected chi connectivity index (χ1v) is 7.94. The average molecular weight is 367 g/mol. The van der Waals surface area contributed by atoms with Gasteiger partial charge in [-0.3, -0.25) is 4.79 Å². The van der Waals surface area contributed by atoms with E-state index < -0.39 is 11.7 Å². The van der Waals surface area contributed by atoms with Crippen LogP contribution in [-0.4, -0.2) is 18.5 Å². The topological polar surface area (TPSA) is 55.1 Å². The SMILES string of the molecule is CCCCC(CN)NC(=O)C(C)Cc1ccc(C(F)(F)F)cc1.Cl. The van der Waals surface area contributed by atoms with E-state index in [1.807, 2.05) is 0 Å². The van der Waals surface area contributed by atoms with Crippen molar-refractivity contribution in [2.75, 3.05) is 6.54 Å². The molecule has 1 rings (SSSR count). The molecule has 3 nitrogen and oxygen atoms in total. The minimum absolute atomic E-state index is 0. The van der Waals surface area contributed by atoms with Gasteiger partial charge in [0.1, 0.15) is 0 Å². The Bertz CT molecular complexity index is 492. The van der Waals surface area contributed by atoms with Crippen LogP contribution in [0.3, 0.4) is 0 Å². The maximum Gasteiger partial charge on any atom is 0.416 e. The third kappa shape index (κ3) is 7.53. The fourth-order valence-electron chi connectivity index (χ4n) is 2.32. The lowest BCUT2D eigenvalue weighted by Gasteiger charge is -2.19. The van der Waals surface area contributed by atoms with E-state index in [9.17, 15) is 18.0 Å². The lowest BCUT2D eigenvalue weighted by Crippen LogP contribution is -2.42. The van der Waals surface area contributed by atoms with Crippen LogP contribution >= 0.6 is 12.4 Å². The Kier molecular flexibility index (Phi) is 10.0. The molecule has 138 valence electrons. The highest BCUT2D eigenvalue weighted by molar-refractivity contribution is 5.85. The molecule has 0 heterocycles. The minimum Gasteiger partial charge on any atom is -0.352 e. The van der Waals surface area contributed by atoms with E-state index >= 15 is 0 Å². The van der Waals surface area contributed by atoms with Crippen molar-refractivity contribution < 1.29 is 18.0 Å². The molecule has 0 aliphatic carbocycles. The molecule has 0 fully saturated rings. The Labute approximate surface area is 147 Å². The summed E-state index contributed by atoms with van der Waals surface area (Å²) in [6, 6.07) is 4.89. The number of alkyl halides is 3. The van der Waals surface area contributed by atoms with Crippen LogP contribution < -0.4 is 11.1 Å². The minimum atomic E-state index is -4.34. The molecule has 24 heavy (non-hydrogen) atoms. The van der Waals surface area contributed by atoms with Gasteiger partial charge in [-0.15, -0.1) is 12.4 Å². The molecule has 1 aromatic carbocycles. The largest absolute Gasteiger partial charge is 0.416 e. The summed E-state index contributed by atoms with van der Waals surface area (Å²) in [6.45, 7) is 4.22. The molecule has 2 atom stereocenters. The van der Waals surface area contributed by atoms with E-state index in [1.54, 1.807) is 6.92 Å². The first kappa shape index (κ1) is 22.7. The predicted octanol–water partition coefficient (Wildman–Crippen LogP) is 3.94. The molecule has 0 aliphatic rings. The molecule has 3 N–H and O–H groups in total. The summed E-state index contributed by atoms with van der Waals surface area (Å²) in [6.07, 6.45) is -1.07. The van der Waals surface area contributed by atoms with Gasteiger partial charge in [0.2, 0.25) is 5.91 Å². The zero-order valence-electron chi connectivity index (χ0n) is 14.0. The normalized spacial score (nSPS) is 13.8. The van der Waals surface area contributed by atoms with E-state index in [4.69, 9.17) is 5.73 Å². The Balaban J connectivity index is 0.00000529. The number of nitrogens with one attached hydrogen (secondary N) is 1. The number of hydrogen-bond donors (Lipinski definition) is 2. The number of halogens is 4. The second-order valence-corrected chi connectivity index (χ2v) is 5.88. The Morgan fingerprint density at radius 3 is 2.29 bits per heavy atom. The molecular formula is C17H26ClF3N2O. The van der Waals surface area contributed by atoms with Crippen molar-refractivity contribution in [3.63, 3.8) is 0 Å². The third-order valence-electron chi connectivity index (χ3n) is 3.81. The monoisotopic (exact) mass is 366 g/mol. The predicted molar refractivity (Wildman–Crippen MR) is 92.1 cm³/mol. The molecule has 0 spiro atoms. The number of carbonyl (C=O) groups is 1. The van der Waals surface area contributed by atoms with E-state index in [1.165, 1.54) is 12.1 Å². The van der Waals surface area contributed by atoms with Crippen LogP contribution in [-0.2, 0) is 17.4 Å². The maximum absolute atomic E-state index is 12.5. The van der Waals surface area contributed by atoms with Crippen molar-refractivity contribution in [3.05, 3.63) is 35.4 Å². The zero-order chi connectivity index (χ0) is 17.5. The maximum atomic E-state index is 12.5. The van der Waals surface area contributed by atoms with Crippen LogP contribution in [0.4, 0.5) is 13.2 Å². The third-order valence-corrected chi connectivity index (χ3v) is 3.81. The lowest BCUT2D eigenvalue weighted by atomic mass is 9.98. The Hall–Kier alpha value is -1.27. The molecule has 0 aromatic heterocycles. The number of amides is 1. The number of carbonyl (C=O) groups excluding carboxylic acids is 1. The van der Waals surface area contributed by atoms with Crippen molar-refractivity contribution in [1.29, 1.82) is 0 Å². The highest BCUT2D eigenvalue weighted by Gasteiger charge is 2.30. The number of hydrogen-bond acceptors (Lipinski definition) is 2. The van der Waals surface area contributed by atoms with Gasteiger partial charge in [0, 0.05) is 18.5 Å². The Morgan fingerprint density at radius 2 is 1.83 bits per heavy atom. The van der Waals surface area contributed by atoms with E-state index in [0.717, 1.165) is 31.4 Å². The first-order valence-electron chi connectivity index (χ1n) is 7.94. The molecule has 0 saturated carbocycles. The van der Waals surface area contributed by atoms with Crippen LogP contribution in [0.15, 0.2) is 24.3 Å². The van der Waals surface area contributed by atoms with Crippen LogP contribution in [0.25, 0.3) is 0 Å². The standard InChI is InChI=1S/C17H25F3N2O.ClH/c1-3-4-5-15(11-21)22-16(23)12(2)10-13-6-8-14(9-7-13)17(18,19)20;/h6-9,12,15H,3-5,10-11,21H2,1-2H3,(H,22,23);1H. The quantitative estimate of drug-likeness (QED) is 0.732. The van der Waals surface area contributed by atoms with Gasteiger partial charge in [-0.2, -0.15) is 13.2 Å². The van der Waals surface area contributed by atoms with Crippen molar-refractivity contribution >= 4 is 18.3 Å². The highest BCUT2D eigenvalue weighted by atomic mass is 35.5. The molecular weight excluding hydrogens is 341 g/mol. The molecule has 7 heteroatoms. The number of benzene rings is 1. The fraction of sp³-hybridized carbons (Fsp3) is 0.588. The highest BCUT2D eigenvalue weighted by Crippen LogP contribution is 2.29. The molecule has 0 bridgehead atoms. The second kappa shape index (κ2) is 10.6. The lowest BCUT2D eigenvalue weighted by molar-refractivity contribution is -0.137. The van der Waals surface area contributed by atoms with Gasteiger partial charge in [-0.05, 0) is 30.5 Å². The van der Waals surface area contributed by atoms with Gasteiger partial charge in [-0.25, -0.2) is 0 Å². The second-order valence-electron chi connectivity index (χ2n) is 5.88.